The first-order chi connectivity index (χ1) is 7.98. The van der Waals surface area contributed by atoms with Crippen molar-refractivity contribution in [3.8, 4) is 0 Å². The van der Waals surface area contributed by atoms with Gasteiger partial charge in [-0.05, 0) is 18.6 Å². The van der Waals surface area contributed by atoms with Crippen LogP contribution in [0.2, 0.25) is 0 Å². The van der Waals surface area contributed by atoms with E-state index >= 15 is 0 Å². The summed E-state index contributed by atoms with van der Waals surface area (Å²) in [7, 11) is -3.23. The van der Waals surface area contributed by atoms with Crippen molar-refractivity contribution in [2.24, 2.45) is 5.41 Å². The lowest BCUT2D eigenvalue weighted by molar-refractivity contribution is -0.166. The molecule has 0 aromatic heterocycles. The highest BCUT2D eigenvalue weighted by Crippen LogP contribution is 2.38. The van der Waals surface area contributed by atoms with Crippen LogP contribution in [0.1, 0.15) is 20.3 Å². The van der Waals surface area contributed by atoms with Crippen molar-refractivity contribution in [1.82, 2.24) is 0 Å². The van der Waals surface area contributed by atoms with E-state index in [-0.39, 0.29) is 17.3 Å². The van der Waals surface area contributed by atoms with E-state index in [1.807, 2.05) is 6.07 Å². The normalized spacial score (nSPS) is 28.7. The number of sulfone groups is 1. The van der Waals surface area contributed by atoms with Crippen LogP contribution in [0.5, 0.6) is 0 Å². The summed E-state index contributed by atoms with van der Waals surface area (Å²) in [6, 6.07) is 8.57. The quantitative estimate of drug-likeness (QED) is 0.828. The minimum Gasteiger partial charge on any atom is -0.376 e. The van der Waals surface area contributed by atoms with E-state index in [0.29, 0.717) is 11.5 Å². The van der Waals surface area contributed by atoms with Crippen LogP contribution >= 0.6 is 0 Å². The minimum absolute atomic E-state index is 0.0157. The fourth-order valence-corrected chi connectivity index (χ4v) is 3.65. The smallest absolute Gasteiger partial charge is 0.180 e. The standard InChI is InChI=1S/C13H18O3S/c1-3-13(2)10-16-12(13)9-17(14,15)11-7-5-4-6-8-11/h4-8,12H,3,9-10H2,1-2H3. The Morgan fingerprint density at radius 2 is 2.00 bits per heavy atom. The second-order valence-corrected chi connectivity index (χ2v) is 6.94. The van der Waals surface area contributed by atoms with Gasteiger partial charge in [0.2, 0.25) is 0 Å². The van der Waals surface area contributed by atoms with Gasteiger partial charge >= 0.3 is 0 Å². The van der Waals surface area contributed by atoms with Crippen LogP contribution in [0.25, 0.3) is 0 Å². The van der Waals surface area contributed by atoms with Gasteiger partial charge in [0.25, 0.3) is 0 Å². The summed E-state index contributed by atoms with van der Waals surface area (Å²) >= 11 is 0. The molecule has 1 aliphatic rings. The van der Waals surface area contributed by atoms with Crippen LogP contribution in [0.3, 0.4) is 0 Å². The van der Waals surface area contributed by atoms with E-state index in [1.54, 1.807) is 24.3 Å². The molecule has 2 unspecified atom stereocenters. The Morgan fingerprint density at radius 1 is 1.35 bits per heavy atom. The SMILES string of the molecule is CCC1(C)COC1CS(=O)(=O)c1ccccc1. The molecule has 94 valence electrons. The molecule has 0 bridgehead atoms. The Hall–Kier alpha value is -0.870. The first-order valence-electron chi connectivity index (χ1n) is 5.87. The summed E-state index contributed by atoms with van der Waals surface area (Å²) in [5.74, 6) is 0.0847. The number of hydrogen-bond acceptors (Lipinski definition) is 3. The summed E-state index contributed by atoms with van der Waals surface area (Å²) in [6.45, 7) is 4.82. The molecule has 4 heteroatoms. The molecular formula is C13H18O3S. The van der Waals surface area contributed by atoms with Crippen LogP contribution in [-0.2, 0) is 14.6 Å². The zero-order valence-electron chi connectivity index (χ0n) is 10.2. The van der Waals surface area contributed by atoms with Gasteiger partial charge < -0.3 is 4.74 Å². The maximum absolute atomic E-state index is 12.2. The second kappa shape index (κ2) is 4.42. The lowest BCUT2D eigenvalue weighted by Gasteiger charge is -2.46. The molecule has 17 heavy (non-hydrogen) atoms. The van der Waals surface area contributed by atoms with Crippen molar-refractivity contribution in [2.45, 2.75) is 31.3 Å². The van der Waals surface area contributed by atoms with Gasteiger partial charge in [0.1, 0.15) is 0 Å². The van der Waals surface area contributed by atoms with Crippen LogP contribution in [0.4, 0.5) is 0 Å². The number of rotatable bonds is 4. The predicted octanol–water partition coefficient (Wildman–Crippen LogP) is 2.28. The summed E-state index contributed by atoms with van der Waals surface area (Å²) in [6.07, 6.45) is 0.778. The summed E-state index contributed by atoms with van der Waals surface area (Å²) in [5, 5.41) is 0. The van der Waals surface area contributed by atoms with Gasteiger partial charge in [-0.3, -0.25) is 0 Å². The molecule has 0 amide bonds. The first kappa shape index (κ1) is 12.6. The van der Waals surface area contributed by atoms with Crippen molar-refractivity contribution in [3.05, 3.63) is 30.3 Å². The zero-order chi connectivity index (χ0) is 12.5. The third-order valence-electron chi connectivity index (χ3n) is 3.67. The predicted molar refractivity (Wildman–Crippen MR) is 66.6 cm³/mol. The van der Waals surface area contributed by atoms with E-state index in [2.05, 4.69) is 13.8 Å². The van der Waals surface area contributed by atoms with Crippen molar-refractivity contribution in [3.63, 3.8) is 0 Å². The van der Waals surface area contributed by atoms with E-state index in [9.17, 15) is 8.42 Å². The van der Waals surface area contributed by atoms with E-state index < -0.39 is 9.84 Å². The molecular weight excluding hydrogens is 236 g/mol. The van der Waals surface area contributed by atoms with Gasteiger partial charge in [0.05, 0.1) is 23.4 Å². The van der Waals surface area contributed by atoms with Crippen LogP contribution in [0.15, 0.2) is 35.2 Å². The van der Waals surface area contributed by atoms with Crippen molar-refractivity contribution < 1.29 is 13.2 Å². The van der Waals surface area contributed by atoms with Crippen LogP contribution in [0, 0.1) is 5.41 Å². The molecule has 3 nitrogen and oxygen atoms in total. The third-order valence-corrected chi connectivity index (χ3v) is 5.40. The molecule has 1 aromatic carbocycles. The third kappa shape index (κ3) is 2.38. The number of benzene rings is 1. The Morgan fingerprint density at radius 3 is 2.47 bits per heavy atom. The summed E-state index contributed by atoms with van der Waals surface area (Å²) in [5.41, 5.74) is 0.0157. The maximum atomic E-state index is 12.2. The molecule has 0 aliphatic carbocycles. The molecule has 1 fully saturated rings. The van der Waals surface area contributed by atoms with Crippen LogP contribution in [-0.4, -0.2) is 26.9 Å². The molecule has 1 saturated heterocycles. The van der Waals surface area contributed by atoms with E-state index in [1.165, 1.54) is 0 Å². The maximum Gasteiger partial charge on any atom is 0.180 e. The van der Waals surface area contributed by atoms with E-state index in [0.717, 1.165) is 6.42 Å². The van der Waals surface area contributed by atoms with Crippen molar-refractivity contribution >= 4 is 9.84 Å². The largest absolute Gasteiger partial charge is 0.376 e. The molecule has 0 N–H and O–H groups in total. The van der Waals surface area contributed by atoms with Gasteiger partial charge in [0.15, 0.2) is 9.84 Å². The summed E-state index contributed by atoms with van der Waals surface area (Å²) in [4.78, 5) is 0.383. The summed E-state index contributed by atoms with van der Waals surface area (Å²) < 4.78 is 29.7. The average molecular weight is 254 g/mol. The highest BCUT2D eigenvalue weighted by atomic mass is 32.2. The lowest BCUT2D eigenvalue weighted by Crippen LogP contribution is -2.52. The lowest BCUT2D eigenvalue weighted by atomic mass is 9.79. The number of ether oxygens (including phenoxy) is 1. The van der Waals surface area contributed by atoms with Gasteiger partial charge in [-0.1, -0.05) is 32.0 Å². The molecule has 1 aromatic rings. The van der Waals surface area contributed by atoms with Gasteiger partial charge in [-0.15, -0.1) is 0 Å². The van der Waals surface area contributed by atoms with Crippen LogP contribution < -0.4 is 0 Å². The highest BCUT2D eigenvalue weighted by Gasteiger charge is 2.45. The van der Waals surface area contributed by atoms with Crippen molar-refractivity contribution in [2.75, 3.05) is 12.4 Å². The number of hydrogen-bond donors (Lipinski definition) is 0. The Kier molecular flexibility index (Phi) is 3.27. The Bertz CT molecular complexity index is 477. The molecule has 1 heterocycles. The highest BCUT2D eigenvalue weighted by molar-refractivity contribution is 7.91. The van der Waals surface area contributed by atoms with Gasteiger partial charge in [-0.25, -0.2) is 8.42 Å². The second-order valence-electron chi connectivity index (χ2n) is 4.90. The van der Waals surface area contributed by atoms with Crippen molar-refractivity contribution in [1.29, 1.82) is 0 Å². The molecule has 2 atom stereocenters. The molecule has 0 spiro atoms. The Balaban J connectivity index is 2.14. The monoisotopic (exact) mass is 254 g/mol. The van der Waals surface area contributed by atoms with E-state index in [4.69, 9.17) is 4.74 Å². The molecule has 2 rings (SSSR count). The zero-order valence-corrected chi connectivity index (χ0v) is 11.0. The first-order valence-corrected chi connectivity index (χ1v) is 7.52. The molecule has 0 saturated carbocycles. The van der Waals surface area contributed by atoms with Gasteiger partial charge in [0, 0.05) is 5.41 Å². The molecule has 0 radical (unpaired) electrons. The topological polar surface area (TPSA) is 43.4 Å². The molecule has 1 aliphatic heterocycles. The van der Waals surface area contributed by atoms with Gasteiger partial charge in [-0.2, -0.15) is 0 Å². The fraction of sp³-hybridized carbons (Fsp3) is 0.538. The minimum atomic E-state index is -3.23. The average Bonchev–Trinajstić information content (AvgIpc) is 2.35. The Labute approximate surface area is 103 Å². The fourth-order valence-electron chi connectivity index (χ4n) is 1.99.